The predicted octanol–water partition coefficient (Wildman–Crippen LogP) is 2.30. The van der Waals surface area contributed by atoms with E-state index in [2.05, 4.69) is 0 Å². The van der Waals surface area contributed by atoms with Crippen molar-refractivity contribution >= 4 is 11.6 Å². The molecule has 0 amide bonds. The monoisotopic (exact) mass is 271 g/mol. The SMILES string of the molecule is NC(C1CCCC1)C(O)c1cc(O)c(O)c(Cl)c1. The third kappa shape index (κ3) is 2.55. The van der Waals surface area contributed by atoms with Gasteiger partial charge in [-0.1, -0.05) is 24.4 Å². The van der Waals surface area contributed by atoms with Crippen LogP contribution in [0.15, 0.2) is 12.1 Å². The Morgan fingerprint density at radius 1 is 1.22 bits per heavy atom. The Kier molecular flexibility index (Phi) is 4.00. The Hall–Kier alpha value is -0.970. The molecule has 0 spiro atoms. The number of halogens is 1. The van der Waals surface area contributed by atoms with Crippen LogP contribution in [0.1, 0.15) is 37.4 Å². The van der Waals surface area contributed by atoms with Crippen LogP contribution in [-0.2, 0) is 0 Å². The topological polar surface area (TPSA) is 86.7 Å². The molecule has 1 aliphatic rings. The average Bonchev–Trinajstić information content (AvgIpc) is 2.87. The first kappa shape index (κ1) is 13.5. The largest absolute Gasteiger partial charge is 0.504 e. The molecule has 4 nitrogen and oxygen atoms in total. The van der Waals surface area contributed by atoms with Gasteiger partial charge in [-0.15, -0.1) is 0 Å². The number of rotatable bonds is 3. The molecule has 1 aliphatic carbocycles. The summed E-state index contributed by atoms with van der Waals surface area (Å²) >= 11 is 5.77. The highest BCUT2D eigenvalue weighted by Crippen LogP contribution is 2.38. The van der Waals surface area contributed by atoms with Gasteiger partial charge in [0.25, 0.3) is 0 Å². The predicted molar refractivity (Wildman–Crippen MR) is 69.7 cm³/mol. The van der Waals surface area contributed by atoms with Gasteiger partial charge in [-0.25, -0.2) is 0 Å². The summed E-state index contributed by atoms with van der Waals surface area (Å²) in [4.78, 5) is 0. The van der Waals surface area contributed by atoms with Crippen LogP contribution >= 0.6 is 11.6 Å². The van der Waals surface area contributed by atoms with Crippen molar-refractivity contribution in [1.29, 1.82) is 0 Å². The lowest BCUT2D eigenvalue weighted by atomic mass is 9.90. The van der Waals surface area contributed by atoms with Crippen molar-refractivity contribution in [2.75, 3.05) is 0 Å². The summed E-state index contributed by atoms with van der Waals surface area (Å²) in [5.41, 5.74) is 6.50. The normalized spacial score (nSPS) is 19.9. The maximum absolute atomic E-state index is 10.2. The van der Waals surface area contributed by atoms with Crippen LogP contribution in [0.25, 0.3) is 0 Å². The standard InChI is InChI=1S/C13H18ClNO3/c14-9-5-8(6-10(16)13(9)18)12(17)11(15)7-3-1-2-4-7/h5-7,11-12,16-18H,1-4,15H2. The quantitative estimate of drug-likeness (QED) is 0.636. The first-order chi connectivity index (χ1) is 8.50. The highest BCUT2D eigenvalue weighted by molar-refractivity contribution is 6.32. The number of aliphatic hydroxyl groups excluding tert-OH is 1. The van der Waals surface area contributed by atoms with E-state index in [1.54, 1.807) is 0 Å². The van der Waals surface area contributed by atoms with E-state index in [0.29, 0.717) is 11.5 Å². The van der Waals surface area contributed by atoms with Crippen molar-refractivity contribution in [3.05, 3.63) is 22.7 Å². The first-order valence-electron chi connectivity index (χ1n) is 6.15. The minimum absolute atomic E-state index is 0.0164. The number of benzene rings is 1. The summed E-state index contributed by atoms with van der Waals surface area (Å²) in [6.45, 7) is 0. The Balaban J connectivity index is 2.19. The first-order valence-corrected chi connectivity index (χ1v) is 6.53. The smallest absolute Gasteiger partial charge is 0.176 e. The molecule has 0 bridgehead atoms. The lowest BCUT2D eigenvalue weighted by Gasteiger charge is -2.25. The van der Waals surface area contributed by atoms with E-state index < -0.39 is 6.10 Å². The van der Waals surface area contributed by atoms with Crippen LogP contribution in [0.5, 0.6) is 11.5 Å². The maximum Gasteiger partial charge on any atom is 0.176 e. The van der Waals surface area contributed by atoms with Gasteiger partial charge in [-0.05, 0) is 36.5 Å². The second kappa shape index (κ2) is 5.34. The van der Waals surface area contributed by atoms with E-state index in [4.69, 9.17) is 17.3 Å². The molecule has 1 fully saturated rings. The lowest BCUT2D eigenvalue weighted by molar-refractivity contribution is 0.118. The molecule has 1 aromatic carbocycles. The molecule has 5 heteroatoms. The number of hydrogen-bond donors (Lipinski definition) is 4. The van der Waals surface area contributed by atoms with E-state index in [-0.39, 0.29) is 22.6 Å². The number of hydrogen-bond acceptors (Lipinski definition) is 4. The average molecular weight is 272 g/mol. The zero-order valence-electron chi connectivity index (χ0n) is 10.0. The fraction of sp³-hybridized carbons (Fsp3) is 0.538. The highest BCUT2D eigenvalue weighted by Gasteiger charge is 2.29. The zero-order chi connectivity index (χ0) is 13.3. The van der Waals surface area contributed by atoms with Gasteiger partial charge in [0.2, 0.25) is 0 Å². The highest BCUT2D eigenvalue weighted by atomic mass is 35.5. The fourth-order valence-electron chi connectivity index (χ4n) is 2.60. The van der Waals surface area contributed by atoms with Gasteiger partial charge in [0, 0.05) is 6.04 Å². The maximum atomic E-state index is 10.2. The molecule has 0 saturated heterocycles. The van der Waals surface area contributed by atoms with Crippen LogP contribution in [0.3, 0.4) is 0 Å². The van der Waals surface area contributed by atoms with Crippen molar-refractivity contribution in [2.45, 2.75) is 37.8 Å². The van der Waals surface area contributed by atoms with E-state index in [0.717, 1.165) is 25.7 Å². The van der Waals surface area contributed by atoms with Crippen molar-refractivity contribution in [3.63, 3.8) is 0 Å². The van der Waals surface area contributed by atoms with Crippen molar-refractivity contribution < 1.29 is 15.3 Å². The molecule has 2 rings (SSSR count). The van der Waals surface area contributed by atoms with E-state index in [1.165, 1.54) is 12.1 Å². The molecule has 0 aliphatic heterocycles. The molecular weight excluding hydrogens is 254 g/mol. The van der Waals surface area contributed by atoms with Crippen LogP contribution in [0.4, 0.5) is 0 Å². The minimum atomic E-state index is -0.878. The molecule has 0 radical (unpaired) electrons. The molecular formula is C13H18ClNO3. The van der Waals surface area contributed by atoms with E-state index in [9.17, 15) is 15.3 Å². The molecule has 2 atom stereocenters. The lowest BCUT2D eigenvalue weighted by Crippen LogP contribution is -2.35. The number of phenolic OH excluding ortho intramolecular Hbond substituents is 2. The van der Waals surface area contributed by atoms with Crippen LogP contribution in [0.2, 0.25) is 5.02 Å². The van der Waals surface area contributed by atoms with Crippen LogP contribution in [-0.4, -0.2) is 21.4 Å². The third-order valence-corrected chi connectivity index (χ3v) is 4.00. The van der Waals surface area contributed by atoms with Crippen LogP contribution < -0.4 is 5.73 Å². The van der Waals surface area contributed by atoms with Gasteiger partial charge in [0.05, 0.1) is 11.1 Å². The summed E-state index contributed by atoms with van der Waals surface area (Å²) in [6.07, 6.45) is 3.46. The second-order valence-corrected chi connectivity index (χ2v) is 5.34. The molecule has 1 saturated carbocycles. The number of nitrogens with two attached hydrogens (primary N) is 1. The number of phenols is 2. The van der Waals surface area contributed by atoms with Gasteiger partial charge >= 0.3 is 0 Å². The summed E-state index contributed by atoms with van der Waals surface area (Å²) < 4.78 is 0. The Bertz CT molecular complexity index is 409. The number of aromatic hydroxyl groups is 2. The van der Waals surface area contributed by atoms with Gasteiger partial charge < -0.3 is 21.1 Å². The second-order valence-electron chi connectivity index (χ2n) is 4.94. The summed E-state index contributed by atoms with van der Waals surface area (Å²) in [5.74, 6) is -0.410. The molecule has 18 heavy (non-hydrogen) atoms. The molecule has 5 N–H and O–H groups in total. The van der Waals surface area contributed by atoms with Crippen molar-refractivity contribution in [1.82, 2.24) is 0 Å². The van der Waals surface area contributed by atoms with Crippen LogP contribution in [0, 0.1) is 5.92 Å². The van der Waals surface area contributed by atoms with Gasteiger partial charge in [0.1, 0.15) is 0 Å². The summed E-state index contributed by atoms with van der Waals surface area (Å²) in [7, 11) is 0. The molecule has 100 valence electrons. The zero-order valence-corrected chi connectivity index (χ0v) is 10.8. The van der Waals surface area contributed by atoms with E-state index in [1.807, 2.05) is 0 Å². The van der Waals surface area contributed by atoms with Crippen molar-refractivity contribution in [3.8, 4) is 11.5 Å². The Morgan fingerprint density at radius 2 is 1.83 bits per heavy atom. The van der Waals surface area contributed by atoms with Crippen molar-refractivity contribution in [2.24, 2.45) is 11.7 Å². The Morgan fingerprint density at radius 3 is 2.39 bits per heavy atom. The Labute approximate surface area is 111 Å². The minimum Gasteiger partial charge on any atom is -0.504 e. The molecule has 2 unspecified atom stereocenters. The van der Waals surface area contributed by atoms with Gasteiger partial charge in [-0.2, -0.15) is 0 Å². The van der Waals surface area contributed by atoms with Gasteiger partial charge in [0.15, 0.2) is 11.5 Å². The number of aliphatic hydroxyl groups is 1. The summed E-state index contributed by atoms with van der Waals surface area (Å²) in [6, 6.07) is 2.38. The molecule has 0 aromatic heterocycles. The molecule has 1 aromatic rings. The summed E-state index contributed by atoms with van der Waals surface area (Å²) in [5, 5.41) is 29.1. The third-order valence-electron chi connectivity index (χ3n) is 3.72. The van der Waals surface area contributed by atoms with E-state index >= 15 is 0 Å². The molecule has 0 heterocycles. The van der Waals surface area contributed by atoms with Gasteiger partial charge in [-0.3, -0.25) is 0 Å². The fourth-order valence-corrected chi connectivity index (χ4v) is 2.82.